The van der Waals surface area contributed by atoms with Crippen LogP contribution in [0.15, 0.2) is 47.4 Å². The van der Waals surface area contributed by atoms with Crippen molar-refractivity contribution in [2.45, 2.75) is 10.9 Å². The van der Waals surface area contributed by atoms with Gasteiger partial charge in [0.05, 0.1) is 17.5 Å². The lowest BCUT2D eigenvalue weighted by atomic mass is 10.1. The molecule has 1 aliphatic heterocycles. The van der Waals surface area contributed by atoms with Gasteiger partial charge >= 0.3 is 0 Å². The van der Waals surface area contributed by atoms with Crippen LogP contribution in [0, 0.1) is 0 Å². The average Bonchev–Trinajstić information content (AvgIpc) is 2.54. The van der Waals surface area contributed by atoms with Gasteiger partial charge in [-0.2, -0.15) is 4.31 Å². The van der Waals surface area contributed by atoms with Gasteiger partial charge in [0, 0.05) is 19.6 Å². The van der Waals surface area contributed by atoms with E-state index >= 15 is 0 Å². The molecule has 2 aromatic rings. The Labute approximate surface area is 124 Å². The number of nitrogens with one attached hydrogen (secondary N) is 1. The first-order valence-electron chi connectivity index (χ1n) is 6.95. The van der Waals surface area contributed by atoms with E-state index in [1.165, 1.54) is 4.31 Å². The topological polar surface area (TPSA) is 69.6 Å². The summed E-state index contributed by atoms with van der Waals surface area (Å²) in [6.07, 6.45) is 0. The van der Waals surface area contributed by atoms with Gasteiger partial charge in [-0.1, -0.05) is 30.3 Å². The summed E-state index contributed by atoms with van der Waals surface area (Å²) in [6, 6.07) is 12.4. The molecule has 0 bridgehead atoms. The number of benzene rings is 2. The molecule has 1 fully saturated rings. The smallest absolute Gasteiger partial charge is 0.243 e. The van der Waals surface area contributed by atoms with Crippen molar-refractivity contribution in [3.63, 3.8) is 0 Å². The van der Waals surface area contributed by atoms with Gasteiger partial charge in [-0.25, -0.2) is 8.42 Å². The molecule has 6 heteroatoms. The lowest BCUT2D eigenvalue weighted by molar-refractivity contribution is 0.165. The predicted molar refractivity (Wildman–Crippen MR) is 81.6 cm³/mol. The van der Waals surface area contributed by atoms with Crippen LogP contribution in [-0.4, -0.2) is 50.1 Å². The molecule has 0 amide bonds. The highest BCUT2D eigenvalue weighted by molar-refractivity contribution is 7.89. The highest BCUT2D eigenvalue weighted by Crippen LogP contribution is 2.23. The molecular weight excluding hydrogens is 288 g/mol. The number of rotatable bonds is 3. The maximum Gasteiger partial charge on any atom is 0.243 e. The van der Waals surface area contributed by atoms with Crippen molar-refractivity contribution in [3.05, 3.63) is 42.5 Å². The lowest BCUT2D eigenvalue weighted by Gasteiger charge is -2.34. The second-order valence-electron chi connectivity index (χ2n) is 5.17. The van der Waals surface area contributed by atoms with Gasteiger partial charge in [-0.15, -0.1) is 0 Å². The predicted octanol–water partition coefficient (Wildman–Crippen LogP) is 0.795. The van der Waals surface area contributed by atoms with Gasteiger partial charge in [0.2, 0.25) is 10.0 Å². The number of sulfonamides is 1. The Morgan fingerprint density at radius 1 is 1.19 bits per heavy atom. The fourth-order valence-electron chi connectivity index (χ4n) is 2.68. The molecular formula is C15H18N2O3S. The van der Waals surface area contributed by atoms with E-state index in [0.717, 1.165) is 10.8 Å². The second kappa shape index (κ2) is 5.73. The number of aliphatic hydroxyl groups is 1. The monoisotopic (exact) mass is 306 g/mol. The summed E-state index contributed by atoms with van der Waals surface area (Å²) in [5.74, 6) is 0. The average molecular weight is 306 g/mol. The molecule has 2 aromatic carbocycles. The Bertz CT molecular complexity index is 745. The van der Waals surface area contributed by atoms with Crippen molar-refractivity contribution in [2.24, 2.45) is 0 Å². The fourth-order valence-corrected chi connectivity index (χ4v) is 4.33. The molecule has 1 unspecified atom stereocenters. The normalized spacial score (nSPS) is 20.7. The quantitative estimate of drug-likeness (QED) is 0.880. The molecule has 0 aromatic heterocycles. The molecule has 1 saturated heterocycles. The minimum absolute atomic E-state index is 0.181. The zero-order valence-corrected chi connectivity index (χ0v) is 12.4. The van der Waals surface area contributed by atoms with Crippen molar-refractivity contribution in [1.29, 1.82) is 0 Å². The molecule has 0 aliphatic carbocycles. The number of nitrogens with zero attached hydrogens (tertiary/aromatic N) is 1. The molecule has 1 aliphatic rings. The molecule has 0 spiro atoms. The first-order valence-corrected chi connectivity index (χ1v) is 8.39. The summed E-state index contributed by atoms with van der Waals surface area (Å²) in [5, 5.41) is 14.4. The Morgan fingerprint density at radius 2 is 1.95 bits per heavy atom. The molecule has 112 valence electrons. The van der Waals surface area contributed by atoms with Gasteiger partial charge in [-0.3, -0.25) is 0 Å². The second-order valence-corrected chi connectivity index (χ2v) is 7.06. The highest BCUT2D eigenvalue weighted by Gasteiger charge is 2.33. The number of piperazine rings is 1. The number of hydrogen-bond acceptors (Lipinski definition) is 4. The van der Waals surface area contributed by atoms with Crippen molar-refractivity contribution < 1.29 is 13.5 Å². The van der Waals surface area contributed by atoms with E-state index in [-0.39, 0.29) is 11.5 Å². The fraction of sp³-hybridized carbons (Fsp3) is 0.333. The van der Waals surface area contributed by atoms with Gasteiger partial charge in [0.15, 0.2) is 0 Å². The van der Waals surface area contributed by atoms with E-state index < -0.39 is 16.1 Å². The van der Waals surface area contributed by atoms with Crippen LogP contribution in [0.5, 0.6) is 0 Å². The molecule has 0 radical (unpaired) electrons. The van der Waals surface area contributed by atoms with Crippen LogP contribution in [-0.2, 0) is 10.0 Å². The van der Waals surface area contributed by atoms with Crippen LogP contribution in [0.25, 0.3) is 10.8 Å². The van der Waals surface area contributed by atoms with E-state index in [9.17, 15) is 13.5 Å². The van der Waals surface area contributed by atoms with Crippen LogP contribution >= 0.6 is 0 Å². The largest absolute Gasteiger partial charge is 0.395 e. The summed E-state index contributed by atoms with van der Waals surface area (Å²) in [4.78, 5) is 0.279. The summed E-state index contributed by atoms with van der Waals surface area (Å²) in [6.45, 7) is 1.27. The van der Waals surface area contributed by atoms with Crippen LogP contribution in [0.3, 0.4) is 0 Å². The van der Waals surface area contributed by atoms with E-state index in [1.807, 2.05) is 30.3 Å². The summed E-state index contributed by atoms with van der Waals surface area (Å²) in [5.41, 5.74) is 0. The lowest BCUT2D eigenvalue weighted by Crippen LogP contribution is -2.54. The van der Waals surface area contributed by atoms with E-state index in [4.69, 9.17) is 0 Å². The third-order valence-electron chi connectivity index (χ3n) is 3.83. The number of aliphatic hydroxyl groups excluding tert-OH is 1. The minimum atomic E-state index is -3.58. The number of fused-ring (bicyclic) bond motifs is 1. The van der Waals surface area contributed by atoms with Gasteiger partial charge in [-0.05, 0) is 22.9 Å². The van der Waals surface area contributed by atoms with Crippen LogP contribution in [0.1, 0.15) is 0 Å². The molecule has 3 rings (SSSR count). The van der Waals surface area contributed by atoms with E-state index in [1.54, 1.807) is 12.1 Å². The zero-order chi connectivity index (χ0) is 14.9. The van der Waals surface area contributed by atoms with Gasteiger partial charge < -0.3 is 10.4 Å². The van der Waals surface area contributed by atoms with Crippen LogP contribution in [0.4, 0.5) is 0 Å². The summed E-state index contributed by atoms with van der Waals surface area (Å²) in [7, 11) is -3.58. The molecule has 1 atom stereocenters. The number of hydrogen-bond donors (Lipinski definition) is 2. The van der Waals surface area contributed by atoms with Crippen LogP contribution in [0.2, 0.25) is 0 Å². The molecule has 21 heavy (non-hydrogen) atoms. The Hall–Kier alpha value is -1.47. The molecule has 1 heterocycles. The highest BCUT2D eigenvalue weighted by atomic mass is 32.2. The van der Waals surface area contributed by atoms with Gasteiger partial charge in [0.25, 0.3) is 0 Å². The Kier molecular flexibility index (Phi) is 3.95. The van der Waals surface area contributed by atoms with Crippen molar-refractivity contribution in [3.8, 4) is 0 Å². The maximum absolute atomic E-state index is 12.8. The van der Waals surface area contributed by atoms with Crippen molar-refractivity contribution in [2.75, 3.05) is 26.2 Å². The van der Waals surface area contributed by atoms with Crippen molar-refractivity contribution in [1.82, 2.24) is 9.62 Å². The first-order chi connectivity index (χ1) is 10.1. The van der Waals surface area contributed by atoms with Gasteiger partial charge in [0.1, 0.15) is 0 Å². The van der Waals surface area contributed by atoms with Crippen molar-refractivity contribution >= 4 is 20.8 Å². The third kappa shape index (κ3) is 2.67. The first kappa shape index (κ1) is 14.5. The third-order valence-corrected chi connectivity index (χ3v) is 5.78. The molecule has 2 N–H and O–H groups in total. The van der Waals surface area contributed by atoms with E-state index in [0.29, 0.717) is 19.6 Å². The standard InChI is InChI=1S/C15H18N2O3S/c18-11-14-10-16-7-8-17(14)21(19,20)15-6-5-12-3-1-2-4-13(12)9-15/h1-6,9,14,16,18H,7-8,10-11H2. The summed E-state index contributed by atoms with van der Waals surface area (Å²) >= 11 is 0. The maximum atomic E-state index is 12.8. The van der Waals surface area contributed by atoms with Crippen LogP contribution < -0.4 is 5.32 Å². The Morgan fingerprint density at radius 3 is 2.71 bits per heavy atom. The SMILES string of the molecule is O=S(=O)(c1ccc2ccccc2c1)N1CCNCC1CO. The van der Waals surface area contributed by atoms with E-state index in [2.05, 4.69) is 5.32 Å². The Balaban J connectivity index is 2.02. The molecule has 5 nitrogen and oxygen atoms in total. The minimum Gasteiger partial charge on any atom is -0.395 e. The molecule has 0 saturated carbocycles. The zero-order valence-electron chi connectivity index (χ0n) is 11.6. The summed E-state index contributed by atoms with van der Waals surface area (Å²) < 4.78 is 27.0.